The Bertz CT molecular complexity index is 446. The standard InChI is InChI=1S/C26H48N.ClH/c1-5-6-7-8-9-10-11-12-13-14-15-16-17-18-19-25-20-22-26(23-21-25)24-27(2,3)4;/h20-23H,5-19,24H2,1-4H3;1H/q+1;/p-1. The van der Waals surface area contributed by atoms with Gasteiger partial charge in [0, 0.05) is 5.56 Å². The van der Waals surface area contributed by atoms with Crippen molar-refractivity contribution in [2.45, 2.75) is 110 Å². The molecule has 0 heterocycles. The lowest BCUT2D eigenvalue weighted by atomic mass is 10.0. The Morgan fingerprint density at radius 3 is 1.29 bits per heavy atom. The number of benzene rings is 1. The number of quaternary nitrogens is 1. The number of rotatable bonds is 17. The van der Waals surface area contributed by atoms with Gasteiger partial charge in [-0.15, -0.1) is 0 Å². The van der Waals surface area contributed by atoms with Gasteiger partial charge in [0.15, 0.2) is 0 Å². The van der Waals surface area contributed by atoms with Gasteiger partial charge in [0.25, 0.3) is 0 Å². The molecule has 1 nitrogen and oxygen atoms in total. The number of aryl methyl sites for hydroxylation is 1. The van der Waals surface area contributed by atoms with Crippen LogP contribution in [0, 0.1) is 0 Å². The van der Waals surface area contributed by atoms with Crippen LogP contribution in [0.2, 0.25) is 0 Å². The van der Waals surface area contributed by atoms with E-state index in [4.69, 9.17) is 0 Å². The Morgan fingerprint density at radius 2 is 0.893 bits per heavy atom. The summed E-state index contributed by atoms with van der Waals surface area (Å²) in [5.74, 6) is 0. The molecule has 0 aliphatic heterocycles. The third-order valence-corrected chi connectivity index (χ3v) is 5.50. The van der Waals surface area contributed by atoms with E-state index in [1.54, 1.807) is 0 Å². The Morgan fingerprint density at radius 1 is 0.536 bits per heavy atom. The topological polar surface area (TPSA) is 0 Å². The second-order valence-electron chi connectivity index (χ2n) is 9.61. The lowest BCUT2D eigenvalue weighted by Crippen LogP contribution is -3.00. The summed E-state index contributed by atoms with van der Waals surface area (Å²) in [4.78, 5) is 0. The molecule has 0 aliphatic carbocycles. The van der Waals surface area contributed by atoms with Gasteiger partial charge in [-0.3, -0.25) is 0 Å². The Labute approximate surface area is 183 Å². The van der Waals surface area contributed by atoms with Gasteiger partial charge in [-0.25, -0.2) is 0 Å². The predicted octanol–water partition coefficient (Wildman–Crippen LogP) is 4.92. The minimum Gasteiger partial charge on any atom is -1.00 e. The average molecular weight is 410 g/mol. The fraction of sp³-hybridized carbons (Fsp3) is 0.769. The molecule has 28 heavy (non-hydrogen) atoms. The first-order valence-corrected chi connectivity index (χ1v) is 11.9. The van der Waals surface area contributed by atoms with E-state index >= 15 is 0 Å². The quantitative estimate of drug-likeness (QED) is 0.253. The maximum atomic E-state index is 2.34. The summed E-state index contributed by atoms with van der Waals surface area (Å²) in [5, 5.41) is 0. The molecule has 1 aromatic rings. The minimum absolute atomic E-state index is 0. The molecule has 0 unspecified atom stereocenters. The molecule has 1 aromatic carbocycles. The minimum atomic E-state index is 0. The van der Waals surface area contributed by atoms with Gasteiger partial charge in [-0.05, 0) is 18.4 Å². The van der Waals surface area contributed by atoms with Gasteiger partial charge >= 0.3 is 0 Å². The van der Waals surface area contributed by atoms with Crippen molar-refractivity contribution in [1.82, 2.24) is 0 Å². The van der Waals surface area contributed by atoms with Crippen LogP contribution in [0.15, 0.2) is 24.3 Å². The number of hydrogen-bond donors (Lipinski definition) is 0. The second kappa shape index (κ2) is 17.3. The van der Waals surface area contributed by atoms with Gasteiger partial charge in [-0.1, -0.05) is 115 Å². The van der Waals surface area contributed by atoms with Crippen molar-refractivity contribution < 1.29 is 16.9 Å². The summed E-state index contributed by atoms with van der Waals surface area (Å²) in [6.07, 6.45) is 21.4. The van der Waals surface area contributed by atoms with Gasteiger partial charge in [-0.2, -0.15) is 0 Å². The molecule has 2 heteroatoms. The van der Waals surface area contributed by atoms with E-state index in [0.29, 0.717) is 0 Å². The van der Waals surface area contributed by atoms with Crippen molar-refractivity contribution >= 4 is 0 Å². The first-order valence-electron chi connectivity index (χ1n) is 11.9. The molecule has 164 valence electrons. The molecule has 0 fully saturated rings. The zero-order valence-electron chi connectivity index (χ0n) is 19.4. The highest BCUT2D eigenvalue weighted by Crippen LogP contribution is 2.15. The number of unbranched alkanes of at least 4 members (excludes halogenated alkanes) is 13. The highest BCUT2D eigenvalue weighted by Gasteiger charge is 2.07. The Kier molecular flexibility index (Phi) is 17.0. The fourth-order valence-corrected chi connectivity index (χ4v) is 3.88. The second-order valence-corrected chi connectivity index (χ2v) is 9.61. The van der Waals surface area contributed by atoms with Crippen molar-refractivity contribution in [2.75, 3.05) is 21.1 Å². The molecule has 0 saturated carbocycles. The van der Waals surface area contributed by atoms with E-state index in [9.17, 15) is 0 Å². The molecule has 0 N–H and O–H groups in total. The summed E-state index contributed by atoms with van der Waals surface area (Å²) < 4.78 is 0.998. The van der Waals surface area contributed by atoms with Crippen LogP contribution in [0.1, 0.15) is 108 Å². The van der Waals surface area contributed by atoms with Crippen LogP contribution in [0.25, 0.3) is 0 Å². The molecule has 0 aromatic heterocycles. The largest absolute Gasteiger partial charge is 1.00 e. The molecule has 0 bridgehead atoms. The van der Waals surface area contributed by atoms with Crippen molar-refractivity contribution in [1.29, 1.82) is 0 Å². The molecule has 0 amide bonds. The zero-order valence-corrected chi connectivity index (χ0v) is 20.2. The highest BCUT2D eigenvalue weighted by atomic mass is 35.5. The van der Waals surface area contributed by atoms with Crippen molar-refractivity contribution in [3.05, 3.63) is 35.4 Å². The van der Waals surface area contributed by atoms with Crippen LogP contribution >= 0.6 is 0 Å². The summed E-state index contributed by atoms with van der Waals surface area (Å²) >= 11 is 0. The normalized spacial score (nSPS) is 11.4. The SMILES string of the molecule is CCCCCCCCCCCCCCCCc1ccc(C[N+](C)(C)C)cc1.[Cl-]. The maximum Gasteiger partial charge on any atom is 0.104 e. The summed E-state index contributed by atoms with van der Waals surface area (Å²) in [7, 11) is 6.76. The summed E-state index contributed by atoms with van der Waals surface area (Å²) in [6, 6.07) is 9.33. The number of halogens is 1. The molecular weight excluding hydrogens is 362 g/mol. The van der Waals surface area contributed by atoms with Crippen LogP contribution in [0.4, 0.5) is 0 Å². The van der Waals surface area contributed by atoms with Gasteiger partial charge in [0.2, 0.25) is 0 Å². The molecule has 0 radical (unpaired) electrons. The smallest absolute Gasteiger partial charge is 0.104 e. The molecule has 0 saturated heterocycles. The van der Waals surface area contributed by atoms with Crippen LogP contribution in [-0.2, 0) is 13.0 Å². The Balaban J connectivity index is 0.00000729. The van der Waals surface area contributed by atoms with Gasteiger partial charge < -0.3 is 16.9 Å². The number of nitrogens with zero attached hydrogens (tertiary/aromatic N) is 1. The third kappa shape index (κ3) is 16.4. The van der Waals surface area contributed by atoms with E-state index in [1.165, 1.54) is 107 Å². The lowest BCUT2D eigenvalue weighted by Gasteiger charge is -2.23. The van der Waals surface area contributed by atoms with Crippen molar-refractivity contribution in [3.8, 4) is 0 Å². The Hall–Kier alpha value is -0.530. The van der Waals surface area contributed by atoms with Crippen LogP contribution in [0.5, 0.6) is 0 Å². The molecule has 0 atom stereocenters. The lowest BCUT2D eigenvalue weighted by molar-refractivity contribution is -0.884. The summed E-state index contributed by atoms with van der Waals surface area (Å²) in [5.41, 5.74) is 2.96. The average Bonchev–Trinajstić information content (AvgIpc) is 2.62. The molecule has 0 aliphatic rings. The zero-order chi connectivity index (χ0) is 19.8. The highest BCUT2D eigenvalue weighted by molar-refractivity contribution is 5.22. The van der Waals surface area contributed by atoms with Gasteiger partial charge in [0.05, 0.1) is 21.1 Å². The van der Waals surface area contributed by atoms with Crippen LogP contribution in [-0.4, -0.2) is 25.6 Å². The van der Waals surface area contributed by atoms with E-state index < -0.39 is 0 Å². The maximum absolute atomic E-state index is 2.34. The number of hydrogen-bond acceptors (Lipinski definition) is 0. The first kappa shape index (κ1) is 27.5. The van der Waals surface area contributed by atoms with E-state index in [-0.39, 0.29) is 12.4 Å². The predicted molar refractivity (Wildman–Crippen MR) is 122 cm³/mol. The van der Waals surface area contributed by atoms with Crippen molar-refractivity contribution in [3.63, 3.8) is 0 Å². The van der Waals surface area contributed by atoms with Gasteiger partial charge in [0.1, 0.15) is 6.54 Å². The molecule has 0 spiro atoms. The third-order valence-electron chi connectivity index (χ3n) is 5.50. The molecular formula is C26H48ClN. The van der Waals surface area contributed by atoms with Crippen molar-refractivity contribution in [2.24, 2.45) is 0 Å². The van der Waals surface area contributed by atoms with Crippen LogP contribution in [0.3, 0.4) is 0 Å². The van der Waals surface area contributed by atoms with E-state index in [0.717, 1.165) is 11.0 Å². The monoisotopic (exact) mass is 409 g/mol. The van der Waals surface area contributed by atoms with E-state index in [1.807, 2.05) is 0 Å². The fourth-order valence-electron chi connectivity index (χ4n) is 3.88. The first-order chi connectivity index (χ1) is 13.0. The van der Waals surface area contributed by atoms with E-state index in [2.05, 4.69) is 52.3 Å². The molecule has 1 rings (SSSR count). The summed E-state index contributed by atoms with van der Waals surface area (Å²) in [6.45, 7) is 3.41. The van der Waals surface area contributed by atoms with Crippen LogP contribution < -0.4 is 12.4 Å².